The SMILES string of the molecule is CC(=O)O[C@H]1[C@@H](O)[C@H](O[C@@H]2C[C@@H](O)[C@@H](O)O[C@H]2OC(=O)[C@]23CCC(C)(C)C[C@H]2C2=CCC4[C@@]5(C)C[C@H](O)[C@H](O[C@@H]6O[C@H](CO)[C@@H](O)[C@H](O)[C@H]6O)[C@@](C)(CO)[C@@H]5CC[C@@]4(C)[C@]2(C)C[C@H]3O)O[C@@H](C)[C@@H]1O[C@H]1C[C@H](O)[C@@H](O[C@@H]2O[C@@H](CO)[C@@H](O)[C@H]2O)[C@H](O)O1. The summed E-state index contributed by atoms with van der Waals surface area (Å²) in [5.41, 5.74) is -4.05. The van der Waals surface area contributed by atoms with Crippen molar-refractivity contribution in [3.05, 3.63) is 11.6 Å². The molecule has 0 aromatic heterocycles. The lowest BCUT2D eigenvalue weighted by molar-refractivity contribution is -0.381. The average molecular weight is 1250 g/mol. The van der Waals surface area contributed by atoms with Gasteiger partial charge in [-0.3, -0.25) is 9.59 Å². The first kappa shape index (κ1) is 67.6. The molecule has 4 saturated carbocycles. The van der Waals surface area contributed by atoms with E-state index in [0.29, 0.717) is 32.1 Å². The second-order valence-electron chi connectivity index (χ2n) is 28.4. The Balaban J connectivity index is 0.864. The molecule has 498 valence electrons. The van der Waals surface area contributed by atoms with E-state index in [9.17, 15) is 81.4 Å². The van der Waals surface area contributed by atoms with Gasteiger partial charge in [-0.15, -0.1) is 0 Å². The number of fused-ring (bicyclic) bond motifs is 7. The summed E-state index contributed by atoms with van der Waals surface area (Å²) in [6.45, 7) is 13.3. The molecule has 5 aliphatic heterocycles. The van der Waals surface area contributed by atoms with Crippen LogP contribution in [0.5, 0.6) is 0 Å². The largest absolute Gasteiger partial charge is 0.457 e. The van der Waals surface area contributed by atoms with E-state index in [1.807, 2.05) is 6.92 Å². The van der Waals surface area contributed by atoms with Crippen molar-refractivity contribution in [3.63, 3.8) is 0 Å². The molecule has 0 bridgehead atoms. The molecule has 0 aromatic rings. The number of carbonyl (C=O) groups excluding carboxylic acids is 2. The van der Waals surface area contributed by atoms with Crippen molar-refractivity contribution in [1.82, 2.24) is 0 Å². The lowest BCUT2D eigenvalue weighted by Crippen LogP contribution is -2.70. The van der Waals surface area contributed by atoms with Gasteiger partial charge >= 0.3 is 11.9 Å². The topological polar surface area (TPSA) is 439 Å². The van der Waals surface area contributed by atoms with Gasteiger partial charge in [0, 0.05) is 25.2 Å². The third kappa shape index (κ3) is 11.5. The van der Waals surface area contributed by atoms with Gasteiger partial charge in [-0.1, -0.05) is 53.2 Å². The number of carbonyl (C=O) groups is 2. The van der Waals surface area contributed by atoms with Crippen molar-refractivity contribution in [2.75, 3.05) is 19.8 Å². The van der Waals surface area contributed by atoms with Gasteiger partial charge in [0.25, 0.3) is 0 Å². The molecule has 9 fully saturated rings. The fourth-order valence-electron chi connectivity index (χ4n) is 17.8. The van der Waals surface area contributed by atoms with E-state index in [4.69, 9.17) is 52.1 Å². The number of aliphatic hydroxyl groups is 15. The standard InChI is InChI=1S/C59H94O28/c1-23-43(82-36-16-27(64)44(48(75)83-36)84-50-40(71)38(69)32(21-61)80-50)45(78-24(2)63)42(73)52(77-23)79-30-15-28(65)47(74)86-49(30)87-53(76)59-14-13-54(3,4)17-26(59)25-9-10-34-55(5)18-29(66)46(85-51-41(72)39(70)37(68)31(20-60)81-51)56(6,22-62)33(55)11-12-57(34,7)58(25,8)19-35(59)67/h9,23,26-52,60-62,64-75H,10-22H2,1-8H3/t23-,26-,27-,28+,29-,30+,31+,32-,33+,34?,35+,36+,37+,38+,39-,40+,41+,42+,43-,44+,45-,46-,47-,48+,49-,50-,51-,52-,55-,56-,57+,58+,59+/m0/s1. The molecule has 10 rings (SSSR count). The zero-order chi connectivity index (χ0) is 63.6. The first-order chi connectivity index (χ1) is 40.7. The molecule has 0 aromatic carbocycles. The van der Waals surface area contributed by atoms with E-state index >= 15 is 4.79 Å². The van der Waals surface area contributed by atoms with Crippen LogP contribution in [0.4, 0.5) is 0 Å². The second kappa shape index (κ2) is 24.9. The van der Waals surface area contributed by atoms with Crippen LogP contribution in [0.1, 0.15) is 120 Å². The van der Waals surface area contributed by atoms with E-state index in [-0.39, 0.29) is 36.5 Å². The van der Waals surface area contributed by atoms with Gasteiger partial charge in [-0.2, -0.15) is 0 Å². The summed E-state index contributed by atoms with van der Waals surface area (Å²) in [7, 11) is 0. The van der Waals surface area contributed by atoms with Gasteiger partial charge < -0.3 is 129 Å². The van der Waals surface area contributed by atoms with Gasteiger partial charge in [0.2, 0.25) is 6.29 Å². The van der Waals surface area contributed by atoms with Crippen molar-refractivity contribution < 1.29 is 138 Å². The van der Waals surface area contributed by atoms with Crippen LogP contribution in [0, 0.1) is 50.2 Å². The molecule has 33 atom stereocenters. The number of rotatable bonds is 14. The molecule has 5 aliphatic carbocycles. The Kier molecular flexibility index (Phi) is 19.3. The van der Waals surface area contributed by atoms with Crippen LogP contribution in [-0.2, 0) is 61.7 Å². The number of allylic oxidation sites excluding steroid dienone is 2. The molecular formula is C59H94O28. The van der Waals surface area contributed by atoms with Crippen LogP contribution in [0.2, 0.25) is 0 Å². The third-order valence-corrected chi connectivity index (χ3v) is 22.7. The van der Waals surface area contributed by atoms with Crippen LogP contribution < -0.4 is 0 Å². The highest BCUT2D eigenvalue weighted by atomic mass is 16.8. The maximum atomic E-state index is 15.5. The Bertz CT molecular complexity index is 2460. The summed E-state index contributed by atoms with van der Waals surface area (Å²) in [5, 5.41) is 164. The zero-order valence-corrected chi connectivity index (χ0v) is 50.5. The molecule has 5 saturated heterocycles. The molecule has 1 unspecified atom stereocenters. The molecular weight excluding hydrogens is 1160 g/mol. The number of esters is 2. The van der Waals surface area contributed by atoms with Crippen LogP contribution in [0.25, 0.3) is 0 Å². The molecule has 0 amide bonds. The molecule has 0 spiro atoms. The van der Waals surface area contributed by atoms with Crippen molar-refractivity contribution in [2.24, 2.45) is 50.2 Å². The Labute approximate surface area is 504 Å². The Morgan fingerprint density at radius 3 is 1.85 bits per heavy atom. The Morgan fingerprint density at radius 2 is 1.22 bits per heavy atom. The number of ether oxygens (including phenoxy) is 11. The highest BCUT2D eigenvalue weighted by Gasteiger charge is 2.73. The summed E-state index contributed by atoms with van der Waals surface area (Å²) in [5.74, 6) is -2.75. The van der Waals surface area contributed by atoms with Crippen molar-refractivity contribution >= 4 is 11.9 Å². The first-order valence-corrected chi connectivity index (χ1v) is 30.7. The quantitative estimate of drug-likeness (QED) is 0.0466. The van der Waals surface area contributed by atoms with Crippen LogP contribution in [0.3, 0.4) is 0 Å². The summed E-state index contributed by atoms with van der Waals surface area (Å²) < 4.78 is 64.7. The van der Waals surface area contributed by atoms with Gasteiger partial charge in [0.15, 0.2) is 43.8 Å². The molecule has 10 aliphatic rings. The van der Waals surface area contributed by atoms with E-state index in [1.54, 1.807) is 0 Å². The van der Waals surface area contributed by atoms with E-state index in [1.165, 1.54) is 6.92 Å². The third-order valence-electron chi connectivity index (χ3n) is 22.7. The molecule has 28 heteroatoms. The molecule has 5 heterocycles. The van der Waals surface area contributed by atoms with Gasteiger partial charge in [0.05, 0.1) is 50.3 Å². The van der Waals surface area contributed by atoms with Crippen LogP contribution in [-0.4, -0.2) is 262 Å². The van der Waals surface area contributed by atoms with Crippen LogP contribution >= 0.6 is 0 Å². The fourth-order valence-corrected chi connectivity index (χ4v) is 17.8. The van der Waals surface area contributed by atoms with E-state index in [2.05, 4.69) is 40.7 Å². The highest BCUT2D eigenvalue weighted by Crippen LogP contribution is 2.76. The molecule has 87 heavy (non-hydrogen) atoms. The lowest BCUT2D eigenvalue weighted by atomic mass is 9.33. The van der Waals surface area contributed by atoms with E-state index in [0.717, 1.165) is 12.5 Å². The first-order valence-electron chi connectivity index (χ1n) is 30.7. The monoisotopic (exact) mass is 1250 g/mol. The summed E-state index contributed by atoms with van der Waals surface area (Å²) >= 11 is 0. The Hall–Kier alpha value is -2.28. The predicted molar refractivity (Wildman–Crippen MR) is 289 cm³/mol. The fraction of sp³-hybridized carbons (Fsp3) is 0.932. The normalized spacial score (nSPS) is 54.0. The number of hydrogen-bond acceptors (Lipinski definition) is 28. The van der Waals surface area contributed by atoms with Crippen LogP contribution in [0.15, 0.2) is 11.6 Å². The van der Waals surface area contributed by atoms with Gasteiger partial charge in [0.1, 0.15) is 78.7 Å². The highest BCUT2D eigenvalue weighted by molar-refractivity contribution is 5.80. The average Bonchev–Trinajstić information content (AvgIpc) is 0.863. The number of aliphatic hydroxyl groups excluding tert-OH is 15. The van der Waals surface area contributed by atoms with Gasteiger partial charge in [-0.25, -0.2) is 0 Å². The smallest absolute Gasteiger partial charge is 0.317 e. The van der Waals surface area contributed by atoms with Crippen molar-refractivity contribution in [1.29, 1.82) is 0 Å². The van der Waals surface area contributed by atoms with Crippen molar-refractivity contribution in [3.8, 4) is 0 Å². The Morgan fingerprint density at radius 1 is 0.586 bits per heavy atom. The maximum absolute atomic E-state index is 15.5. The van der Waals surface area contributed by atoms with Gasteiger partial charge in [-0.05, 0) is 97.7 Å². The maximum Gasteiger partial charge on any atom is 0.317 e. The van der Waals surface area contributed by atoms with E-state index < -0.39 is 231 Å². The second-order valence-corrected chi connectivity index (χ2v) is 28.4. The van der Waals surface area contributed by atoms with Crippen molar-refractivity contribution in [2.45, 2.75) is 273 Å². The lowest BCUT2D eigenvalue weighted by Gasteiger charge is -2.72. The number of hydrogen-bond donors (Lipinski definition) is 15. The minimum Gasteiger partial charge on any atom is -0.457 e. The summed E-state index contributed by atoms with van der Waals surface area (Å²) in [6, 6.07) is 0. The molecule has 0 radical (unpaired) electrons. The summed E-state index contributed by atoms with van der Waals surface area (Å²) in [4.78, 5) is 28.2. The zero-order valence-electron chi connectivity index (χ0n) is 50.5. The predicted octanol–water partition coefficient (Wildman–Crippen LogP) is -3.09. The molecule has 28 nitrogen and oxygen atoms in total. The minimum atomic E-state index is -1.92. The minimum absolute atomic E-state index is 0.114. The summed E-state index contributed by atoms with van der Waals surface area (Å²) in [6.07, 6.45) is -33.9. The molecule has 15 N–H and O–H groups in total.